The Balaban J connectivity index is 1.70. The molecule has 5 nitrogen and oxygen atoms in total. The summed E-state index contributed by atoms with van der Waals surface area (Å²) in [5, 5.41) is 8.77. The highest BCUT2D eigenvalue weighted by molar-refractivity contribution is 7.99. The lowest BCUT2D eigenvalue weighted by atomic mass is 10.2. The average molecular weight is 334 g/mol. The van der Waals surface area contributed by atoms with E-state index >= 15 is 0 Å². The zero-order chi connectivity index (χ0) is 16.4. The summed E-state index contributed by atoms with van der Waals surface area (Å²) in [5.41, 5.74) is 0.411. The molecule has 1 heterocycles. The predicted octanol–water partition coefficient (Wildman–Crippen LogP) is 2.72. The van der Waals surface area contributed by atoms with Gasteiger partial charge in [-0.3, -0.25) is 4.79 Å². The largest absolute Gasteiger partial charge is 0.339 e. The van der Waals surface area contributed by atoms with Crippen molar-refractivity contribution >= 4 is 17.7 Å². The summed E-state index contributed by atoms with van der Waals surface area (Å²) in [4.78, 5) is 14.2. The van der Waals surface area contributed by atoms with Gasteiger partial charge in [0.25, 0.3) is 0 Å². The van der Waals surface area contributed by atoms with Crippen LogP contribution in [0.3, 0.4) is 0 Å². The van der Waals surface area contributed by atoms with Crippen molar-refractivity contribution in [3.8, 4) is 11.4 Å². The second-order valence-electron chi connectivity index (χ2n) is 5.54. The van der Waals surface area contributed by atoms with E-state index in [2.05, 4.69) is 10.2 Å². The molecule has 1 aromatic carbocycles. The number of nitrogens with zero attached hydrogens (tertiary/aromatic N) is 4. The van der Waals surface area contributed by atoms with Gasteiger partial charge in [0.2, 0.25) is 5.91 Å². The normalized spacial score (nSPS) is 14.0. The van der Waals surface area contributed by atoms with E-state index < -0.39 is 0 Å². The molecule has 1 aliphatic carbocycles. The van der Waals surface area contributed by atoms with Gasteiger partial charge in [0.15, 0.2) is 11.0 Å². The Hall–Kier alpha value is -1.89. The van der Waals surface area contributed by atoms with Crippen LogP contribution in [0.1, 0.15) is 19.8 Å². The second kappa shape index (κ2) is 6.70. The molecule has 3 rings (SSSR count). The van der Waals surface area contributed by atoms with E-state index in [0.29, 0.717) is 28.3 Å². The Labute approximate surface area is 138 Å². The van der Waals surface area contributed by atoms with Gasteiger partial charge in [-0.05, 0) is 31.9 Å². The molecule has 0 atom stereocenters. The van der Waals surface area contributed by atoms with Gasteiger partial charge in [-0.1, -0.05) is 23.9 Å². The molecule has 23 heavy (non-hydrogen) atoms. The van der Waals surface area contributed by atoms with E-state index in [-0.39, 0.29) is 11.7 Å². The molecular formula is C16H19FN4OS. The van der Waals surface area contributed by atoms with Crippen molar-refractivity contribution in [2.24, 2.45) is 7.05 Å². The van der Waals surface area contributed by atoms with Crippen LogP contribution >= 0.6 is 11.8 Å². The number of aromatic nitrogens is 3. The fourth-order valence-corrected chi connectivity index (χ4v) is 3.35. The Kier molecular flexibility index (Phi) is 4.66. The van der Waals surface area contributed by atoms with Gasteiger partial charge in [0.1, 0.15) is 5.82 Å². The molecule has 122 valence electrons. The molecule has 0 spiro atoms. The minimum atomic E-state index is -0.332. The third-order valence-corrected chi connectivity index (χ3v) is 4.93. The fraction of sp³-hybridized carbons (Fsp3) is 0.438. The van der Waals surface area contributed by atoms with Crippen molar-refractivity contribution in [1.29, 1.82) is 0 Å². The van der Waals surface area contributed by atoms with Crippen LogP contribution in [-0.2, 0) is 11.8 Å². The number of thioether (sulfide) groups is 1. The highest BCUT2D eigenvalue weighted by Crippen LogP contribution is 2.28. The Morgan fingerprint density at radius 3 is 2.78 bits per heavy atom. The lowest BCUT2D eigenvalue weighted by Crippen LogP contribution is -2.34. The number of benzene rings is 1. The molecule has 0 bridgehead atoms. The summed E-state index contributed by atoms with van der Waals surface area (Å²) in [5.74, 6) is 0.581. The van der Waals surface area contributed by atoms with Crippen molar-refractivity contribution in [1.82, 2.24) is 19.7 Å². The quantitative estimate of drug-likeness (QED) is 0.762. The van der Waals surface area contributed by atoms with Gasteiger partial charge in [-0.25, -0.2) is 4.39 Å². The number of hydrogen-bond donors (Lipinski definition) is 0. The Bertz CT molecular complexity index is 714. The number of halogens is 1. The van der Waals surface area contributed by atoms with Crippen LogP contribution in [0.5, 0.6) is 0 Å². The number of carbonyl (C=O) groups excluding carboxylic acids is 1. The molecule has 2 aromatic rings. The maximum Gasteiger partial charge on any atom is 0.233 e. The standard InChI is InChI=1S/C16H19FN4OS/c1-3-21(11-8-9-11)14(22)10-23-16-19-18-15(20(16)2)12-6-4-5-7-13(12)17/h4-7,11H,3,8-10H2,1-2H3. The van der Waals surface area contributed by atoms with E-state index in [0.717, 1.165) is 19.4 Å². The molecule has 0 aliphatic heterocycles. The fourth-order valence-electron chi connectivity index (χ4n) is 2.55. The molecule has 1 fully saturated rings. The van der Waals surface area contributed by atoms with E-state index in [1.54, 1.807) is 29.8 Å². The summed E-state index contributed by atoms with van der Waals surface area (Å²) in [6.07, 6.45) is 2.21. The van der Waals surface area contributed by atoms with Gasteiger partial charge >= 0.3 is 0 Å². The smallest absolute Gasteiger partial charge is 0.233 e. The zero-order valence-electron chi connectivity index (χ0n) is 13.2. The molecule has 1 aliphatic rings. The lowest BCUT2D eigenvalue weighted by molar-refractivity contribution is -0.128. The molecule has 1 aromatic heterocycles. The monoisotopic (exact) mass is 334 g/mol. The summed E-state index contributed by atoms with van der Waals surface area (Å²) in [6, 6.07) is 6.89. The first kappa shape index (κ1) is 16.0. The Morgan fingerprint density at radius 1 is 1.39 bits per heavy atom. The van der Waals surface area contributed by atoms with Crippen LogP contribution in [0.4, 0.5) is 4.39 Å². The molecule has 0 saturated heterocycles. The molecule has 0 N–H and O–H groups in total. The molecule has 1 amide bonds. The molecular weight excluding hydrogens is 315 g/mol. The van der Waals surface area contributed by atoms with Gasteiger partial charge in [-0.15, -0.1) is 10.2 Å². The van der Waals surface area contributed by atoms with Crippen molar-refractivity contribution in [3.05, 3.63) is 30.1 Å². The number of carbonyl (C=O) groups is 1. The zero-order valence-corrected chi connectivity index (χ0v) is 14.0. The van der Waals surface area contributed by atoms with Crippen molar-refractivity contribution in [3.63, 3.8) is 0 Å². The predicted molar refractivity (Wildman–Crippen MR) is 87.5 cm³/mol. The van der Waals surface area contributed by atoms with Crippen LogP contribution in [-0.4, -0.2) is 43.9 Å². The van der Waals surface area contributed by atoms with E-state index in [1.807, 2.05) is 11.8 Å². The van der Waals surface area contributed by atoms with Crippen LogP contribution in [0.15, 0.2) is 29.4 Å². The highest BCUT2D eigenvalue weighted by Gasteiger charge is 2.31. The summed E-state index contributed by atoms with van der Waals surface area (Å²) >= 11 is 1.34. The molecule has 0 radical (unpaired) electrons. The molecule has 0 unspecified atom stereocenters. The van der Waals surface area contributed by atoms with Crippen molar-refractivity contribution in [2.45, 2.75) is 31.0 Å². The topological polar surface area (TPSA) is 51.0 Å². The third kappa shape index (κ3) is 3.39. The first-order valence-electron chi connectivity index (χ1n) is 7.68. The van der Waals surface area contributed by atoms with E-state index in [9.17, 15) is 9.18 Å². The summed E-state index contributed by atoms with van der Waals surface area (Å²) in [7, 11) is 1.78. The van der Waals surface area contributed by atoms with Gasteiger partial charge in [0.05, 0.1) is 11.3 Å². The summed E-state index contributed by atoms with van der Waals surface area (Å²) < 4.78 is 15.6. The maximum atomic E-state index is 13.9. The maximum absolute atomic E-state index is 13.9. The molecule has 1 saturated carbocycles. The van der Waals surface area contributed by atoms with Gasteiger partial charge in [0, 0.05) is 19.6 Å². The van der Waals surface area contributed by atoms with Crippen molar-refractivity contribution in [2.75, 3.05) is 12.3 Å². The van der Waals surface area contributed by atoms with Gasteiger partial charge in [-0.2, -0.15) is 0 Å². The third-order valence-electron chi connectivity index (χ3n) is 3.92. The SMILES string of the molecule is CCN(C(=O)CSc1nnc(-c2ccccc2F)n1C)C1CC1. The van der Waals surface area contributed by atoms with Gasteiger partial charge < -0.3 is 9.47 Å². The minimum absolute atomic E-state index is 0.121. The number of amides is 1. The van der Waals surface area contributed by atoms with E-state index in [1.165, 1.54) is 17.8 Å². The average Bonchev–Trinajstić information content (AvgIpc) is 3.31. The van der Waals surface area contributed by atoms with Crippen LogP contribution in [0.25, 0.3) is 11.4 Å². The number of hydrogen-bond acceptors (Lipinski definition) is 4. The lowest BCUT2D eigenvalue weighted by Gasteiger charge is -2.19. The summed E-state index contributed by atoms with van der Waals surface area (Å²) in [6.45, 7) is 2.74. The molecule has 7 heteroatoms. The van der Waals surface area contributed by atoms with Crippen molar-refractivity contribution < 1.29 is 9.18 Å². The van der Waals surface area contributed by atoms with Crippen LogP contribution < -0.4 is 0 Å². The van der Waals surface area contributed by atoms with E-state index in [4.69, 9.17) is 0 Å². The first-order chi connectivity index (χ1) is 11.1. The minimum Gasteiger partial charge on any atom is -0.339 e. The van der Waals surface area contributed by atoms with Crippen LogP contribution in [0.2, 0.25) is 0 Å². The first-order valence-corrected chi connectivity index (χ1v) is 8.67. The Morgan fingerprint density at radius 2 is 2.13 bits per heavy atom. The highest BCUT2D eigenvalue weighted by atomic mass is 32.2. The number of rotatable bonds is 6. The van der Waals surface area contributed by atoms with Crippen LogP contribution in [0, 0.1) is 5.82 Å². The second-order valence-corrected chi connectivity index (χ2v) is 6.49.